The first-order valence-corrected chi connectivity index (χ1v) is 9.69. The number of sulfonamides is 1. The number of urea groups is 1. The number of hydrogen-bond acceptors (Lipinski definition) is 3. The number of fused-ring (bicyclic) bond motifs is 1. The first-order chi connectivity index (χ1) is 12.7. The third kappa shape index (κ3) is 4.51. The van der Waals surface area contributed by atoms with E-state index in [1.807, 2.05) is 24.3 Å². The van der Waals surface area contributed by atoms with Gasteiger partial charge in [0, 0.05) is 26.2 Å². The first kappa shape index (κ1) is 19.4. The van der Waals surface area contributed by atoms with Crippen molar-refractivity contribution in [2.75, 3.05) is 32.7 Å². The summed E-state index contributed by atoms with van der Waals surface area (Å²) in [5.74, 6) is 0. The van der Waals surface area contributed by atoms with Gasteiger partial charge in [0.1, 0.15) is 6.54 Å². The summed E-state index contributed by atoms with van der Waals surface area (Å²) in [6.07, 6.45) is -4.49. The molecule has 27 heavy (non-hydrogen) atoms. The highest BCUT2D eigenvalue weighted by molar-refractivity contribution is 7.89. The molecule has 2 aromatic rings. The van der Waals surface area contributed by atoms with E-state index in [9.17, 15) is 26.4 Å². The van der Waals surface area contributed by atoms with Gasteiger partial charge in [-0.25, -0.2) is 13.2 Å². The lowest BCUT2D eigenvalue weighted by Gasteiger charge is -2.34. The number of benzene rings is 2. The van der Waals surface area contributed by atoms with E-state index in [4.69, 9.17) is 0 Å². The van der Waals surface area contributed by atoms with Crippen molar-refractivity contribution in [2.24, 2.45) is 0 Å². The number of hydrogen-bond donors (Lipinski definition) is 1. The quantitative estimate of drug-likeness (QED) is 0.859. The second-order valence-corrected chi connectivity index (χ2v) is 8.11. The molecule has 0 aliphatic carbocycles. The van der Waals surface area contributed by atoms with Crippen LogP contribution >= 0.6 is 0 Å². The van der Waals surface area contributed by atoms with E-state index >= 15 is 0 Å². The Morgan fingerprint density at radius 3 is 2.26 bits per heavy atom. The predicted molar refractivity (Wildman–Crippen MR) is 93.7 cm³/mol. The Bertz CT molecular complexity index is 939. The highest BCUT2D eigenvalue weighted by Crippen LogP contribution is 2.23. The van der Waals surface area contributed by atoms with Crippen LogP contribution in [0.2, 0.25) is 0 Å². The van der Waals surface area contributed by atoms with E-state index in [-0.39, 0.29) is 31.1 Å². The molecule has 2 aromatic carbocycles. The molecule has 0 aromatic heterocycles. The average Bonchev–Trinajstić information content (AvgIpc) is 2.65. The lowest BCUT2D eigenvalue weighted by molar-refractivity contribution is -0.123. The monoisotopic (exact) mass is 401 g/mol. The molecular weight excluding hydrogens is 383 g/mol. The maximum atomic E-state index is 12.8. The van der Waals surface area contributed by atoms with Crippen molar-refractivity contribution in [1.82, 2.24) is 14.5 Å². The maximum Gasteiger partial charge on any atom is 0.405 e. The van der Waals surface area contributed by atoms with E-state index in [0.29, 0.717) is 0 Å². The Labute approximate surface area is 154 Å². The zero-order chi connectivity index (χ0) is 19.7. The highest BCUT2D eigenvalue weighted by atomic mass is 32.2. The molecule has 2 amide bonds. The molecule has 0 spiro atoms. The van der Waals surface area contributed by atoms with Crippen molar-refractivity contribution in [3.05, 3.63) is 42.5 Å². The van der Waals surface area contributed by atoms with Crippen molar-refractivity contribution in [2.45, 2.75) is 11.1 Å². The van der Waals surface area contributed by atoms with Gasteiger partial charge in [-0.2, -0.15) is 17.5 Å². The summed E-state index contributed by atoms with van der Waals surface area (Å²) >= 11 is 0. The Hall–Kier alpha value is -2.33. The second kappa shape index (κ2) is 7.35. The van der Waals surface area contributed by atoms with E-state index in [2.05, 4.69) is 0 Å². The number of carbonyl (C=O) groups is 1. The van der Waals surface area contributed by atoms with Crippen LogP contribution in [0, 0.1) is 0 Å². The van der Waals surface area contributed by atoms with Gasteiger partial charge in [-0.05, 0) is 22.9 Å². The molecule has 1 fully saturated rings. The van der Waals surface area contributed by atoms with Crippen LogP contribution in [0.15, 0.2) is 47.4 Å². The number of rotatable bonds is 3. The lowest BCUT2D eigenvalue weighted by Crippen LogP contribution is -2.54. The summed E-state index contributed by atoms with van der Waals surface area (Å²) in [7, 11) is -3.74. The topological polar surface area (TPSA) is 69.7 Å². The van der Waals surface area contributed by atoms with Crippen LogP contribution in [0.4, 0.5) is 18.0 Å². The highest BCUT2D eigenvalue weighted by Gasteiger charge is 2.32. The molecular formula is C17H18F3N3O3S. The number of nitrogens with zero attached hydrogens (tertiary/aromatic N) is 2. The normalized spacial score (nSPS) is 16.5. The summed E-state index contributed by atoms with van der Waals surface area (Å²) in [6.45, 7) is -1.32. The van der Waals surface area contributed by atoms with Gasteiger partial charge in [-0.15, -0.1) is 0 Å². The average molecular weight is 401 g/mol. The Kier molecular flexibility index (Phi) is 5.29. The van der Waals surface area contributed by atoms with Crippen molar-refractivity contribution >= 4 is 26.8 Å². The second-order valence-electron chi connectivity index (χ2n) is 6.17. The Morgan fingerprint density at radius 1 is 1.00 bits per heavy atom. The standard InChI is InChI=1S/C17H18F3N3O3S/c18-17(19,20)12-21-16(24)22-7-9-23(10-8-22)27(25,26)15-6-5-13-3-1-2-4-14(13)11-15/h1-6,11H,7-10,12H2,(H,21,24). The van der Waals surface area contributed by atoms with Gasteiger partial charge in [-0.3, -0.25) is 0 Å². The predicted octanol–water partition coefficient (Wildman–Crippen LogP) is 2.42. The SMILES string of the molecule is O=C(NCC(F)(F)F)N1CCN(S(=O)(=O)c2ccc3ccccc3c2)CC1. The molecule has 3 rings (SSSR count). The minimum absolute atomic E-state index is 0.0224. The molecule has 1 saturated heterocycles. The molecule has 10 heteroatoms. The van der Waals surface area contributed by atoms with Crippen LogP contribution in [0.1, 0.15) is 0 Å². The molecule has 0 saturated carbocycles. The van der Waals surface area contributed by atoms with Gasteiger partial charge in [0.2, 0.25) is 10.0 Å². The van der Waals surface area contributed by atoms with Crippen molar-refractivity contribution in [3.8, 4) is 0 Å². The van der Waals surface area contributed by atoms with Gasteiger partial charge in [0.05, 0.1) is 4.90 Å². The molecule has 0 unspecified atom stereocenters. The van der Waals surface area contributed by atoms with E-state index in [1.54, 1.807) is 17.4 Å². The Morgan fingerprint density at radius 2 is 1.63 bits per heavy atom. The number of halogens is 3. The van der Waals surface area contributed by atoms with E-state index in [1.165, 1.54) is 15.3 Å². The zero-order valence-electron chi connectivity index (χ0n) is 14.2. The van der Waals surface area contributed by atoms with Gasteiger partial charge < -0.3 is 10.2 Å². The van der Waals surface area contributed by atoms with Crippen LogP contribution < -0.4 is 5.32 Å². The van der Waals surface area contributed by atoms with Crippen LogP contribution in [0.5, 0.6) is 0 Å². The van der Waals surface area contributed by atoms with Crippen LogP contribution in [0.25, 0.3) is 10.8 Å². The summed E-state index contributed by atoms with van der Waals surface area (Å²) in [5.41, 5.74) is 0. The van der Waals surface area contributed by atoms with Gasteiger partial charge in [-0.1, -0.05) is 30.3 Å². The third-order valence-corrected chi connectivity index (χ3v) is 6.22. The number of alkyl halides is 3. The summed E-state index contributed by atoms with van der Waals surface area (Å²) in [4.78, 5) is 13.1. The summed E-state index contributed by atoms with van der Waals surface area (Å²) in [5, 5.41) is 3.51. The first-order valence-electron chi connectivity index (χ1n) is 8.25. The number of nitrogens with one attached hydrogen (secondary N) is 1. The summed E-state index contributed by atoms with van der Waals surface area (Å²) in [6, 6.07) is 11.4. The molecule has 0 atom stereocenters. The third-order valence-electron chi connectivity index (χ3n) is 4.32. The number of amides is 2. The van der Waals surface area contributed by atoms with Crippen LogP contribution in [-0.2, 0) is 10.0 Å². The lowest BCUT2D eigenvalue weighted by atomic mass is 10.1. The van der Waals surface area contributed by atoms with Gasteiger partial charge >= 0.3 is 12.2 Å². The number of carbonyl (C=O) groups excluding carboxylic acids is 1. The molecule has 1 aliphatic heterocycles. The molecule has 1 heterocycles. The molecule has 1 N–H and O–H groups in total. The van der Waals surface area contributed by atoms with Crippen molar-refractivity contribution < 1.29 is 26.4 Å². The zero-order valence-corrected chi connectivity index (χ0v) is 15.1. The maximum absolute atomic E-state index is 12.8. The minimum Gasteiger partial charge on any atom is -0.329 e. The molecule has 1 aliphatic rings. The van der Waals surface area contributed by atoms with Crippen molar-refractivity contribution in [1.29, 1.82) is 0 Å². The molecule has 0 radical (unpaired) electrons. The number of piperazine rings is 1. The fourth-order valence-electron chi connectivity index (χ4n) is 2.90. The molecule has 0 bridgehead atoms. The molecule has 6 nitrogen and oxygen atoms in total. The smallest absolute Gasteiger partial charge is 0.329 e. The van der Waals surface area contributed by atoms with E-state index in [0.717, 1.165) is 10.8 Å². The fourth-order valence-corrected chi connectivity index (χ4v) is 4.35. The summed E-state index contributed by atoms with van der Waals surface area (Å²) < 4.78 is 63.4. The van der Waals surface area contributed by atoms with Crippen LogP contribution in [0.3, 0.4) is 0 Å². The van der Waals surface area contributed by atoms with E-state index < -0.39 is 28.8 Å². The fraction of sp³-hybridized carbons (Fsp3) is 0.353. The molecule has 146 valence electrons. The van der Waals surface area contributed by atoms with Crippen molar-refractivity contribution in [3.63, 3.8) is 0 Å². The Balaban J connectivity index is 1.66. The largest absolute Gasteiger partial charge is 0.405 e. The minimum atomic E-state index is -4.49. The van der Waals surface area contributed by atoms with Gasteiger partial charge in [0.15, 0.2) is 0 Å². The van der Waals surface area contributed by atoms with Gasteiger partial charge in [0.25, 0.3) is 0 Å². The van der Waals surface area contributed by atoms with Crippen LogP contribution in [-0.4, -0.2) is 62.6 Å².